The van der Waals surface area contributed by atoms with Crippen molar-refractivity contribution in [3.63, 3.8) is 0 Å². The third kappa shape index (κ3) is 2.06. The van der Waals surface area contributed by atoms with E-state index in [4.69, 9.17) is 17.3 Å². The molecule has 0 saturated heterocycles. The number of hydrogen-bond donors (Lipinski definition) is 2. The molecule has 0 aliphatic rings. The molecule has 0 aliphatic heterocycles. The van der Waals surface area contributed by atoms with Gasteiger partial charge < -0.3 is 11.1 Å². The number of benzene rings is 2. The Kier molecular flexibility index (Phi) is 2.72. The molecule has 0 unspecified atom stereocenters. The number of nitrogens with zero attached hydrogens (tertiary/aromatic N) is 2. The zero-order valence-corrected chi connectivity index (χ0v) is 10.3. The maximum absolute atomic E-state index is 13.7. The molecule has 96 valence electrons. The zero-order chi connectivity index (χ0) is 13.4. The fourth-order valence-electron chi connectivity index (χ4n) is 1.72. The lowest BCUT2D eigenvalue weighted by Crippen LogP contribution is -1.96. The topological polar surface area (TPSA) is 77.0 Å². The fraction of sp³-hybridized carbons (Fsp3) is 0. The summed E-state index contributed by atoms with van der Waals surface area (Å²) in [6, 6.07) is 7.53. The lowest BCUT2D eigenvalue weighted by Gasteiger charge is -2.08. The van der Waals surface area contributed by atoms with Crippen molar-refractivity contribution < 1.29 is 9.02 Å². The third-order valence-electron chi connectivity index (χ3n) is 2.64. The average Bonchev–Trinajstić information content (AvgIpc) is 2.87. The number of hydrogen-bond acceptors (Lipinski definition) is 5. The number of fused-ring (bicyclic) bond motifs is 1. The molecule has 3 N–H and O–H groups in total. The van der Waals surface area contributed by atoms with E-state index in [-0.39, 0.29) is 5.69 Å². The second-order valence-electron chi connectivity index (χ2n) is 3.91. The van der Waals surface area contributed by atoms with Crippen molar-refractivity contribution in [3.05, 3.63) is 41.2 Å². The highest BCUT2D eigenvalue weighted by Gasteiger charge is 2.11. The first-order valence-electron chi connectivity index (χ1n) is 5.38. The monoisotopic (exact) mass is 278 g/mol. The molecule has 0 spiro atoms. The molecule has 1 aromatic heterocycles. The minimum absolute atomic E-state index is 0.238. The smallest absolute Gasteiger partial charge is 0.160 e. The zero-order valence-electron chi connectivity index (χ0n) is 9.52. The number of nitrogens with two attached hydrogens (primary N) is 1. The molecular formula is C12H8ClFN4O. The first kappa shape index (κ1) is 11.7. The van der Waals surface area contributed by atoms with Crippen LogP contribution in [0.1, 0.15) is 0 Å². The van der Waals surface area contributed by atoms with Crippen molar-refractivity contribution in [1.82, 2.24) is 10.3 Å². The van der Waals surface area contributed by atoms with E-state index in [1.165, 1.54) is 18.2 Å². The Bertz CT molecular complexity index is 759. The van der Waals surface area contributed by atoms with Crippen molar-refractivity contribution in [3.8, 4) is 0 Å². The van der Waals surface area contributed by atoms with Crippen LogP contribution in [0.5, 0.6) is 0 Å². The highest BCUT2D eigenvalue weighted by atomic mass is 35.5. The predicted octanol–water partition coefficient (Wildman–Crippen LogP) is 3.34. The Morgan fingerprint density at radius 3 is 2.74 bits per heavy atom. The second kappa shape index (κ2) is 4.40. The number of nitrogen functional groups attached to an aromatic ring is 1. The summed E-state index contributed by atoms with van der Waals surface area (Å²) >= 11 is 5.83. The molecule has 0 fully saturated rings. The highest BCUT2D eigenvalue weighted by molar-refractivity contribution is 6.30. The summed E-state index contributed by atoms with van der Waals surface area (Å²) in [7, 11) is 0. The highest BCUT2D eigenvalue weighted by Crippen LogP contribution is 2.29. The molecule has 3 aromatic rings. The molecule has 0 aliphatic carbocycles. The van der Waals surface area contributed by atoms with Gasteiger partial charge >= 0.3 is 0 Å². The van der Waals surface area contributed by atoms with Crippen LogP contribution >= 0.6 is 11.6 Å². The summed E-state index contributed by atoms with van der Waals surface area (Å²) < 4.78 is 18.3. The van der Waals surface area contributed by atoms with Gasteiger partial charge in [-0.2, -0.15) is 0 Å². The quantitative estimate of drug-likeness (QED) is 0.703. The molecule has 5 nitrogen and oxygen atoms in total. The predicted molar refractivity (Wildman–Crippen MR) is 70.9 cm³/mol. The van der Waals surface area contributed by atoms with Crippen molar-refractivity contribution in [1.29, 1.82) is 0 Å². The van der Waals surface area contributed by atoms with Gasteiger partial charge in [-0.25, -0.2) is 9.02 Å². The summed E-state index contributed by atoms with van der Waals surface area (Å²) in [5.74, 6) is -0.425. The van der Waals surface area contributed by atoms with Gasteiger partial charge in [0.2, 0.25) is 0 Å². The van der Waals surface area contributed by atoms with Crippen LogP contribution in [0.15, 0.2) is 35.0 Å². The molecular weight excluding hydrogens is 271 g/mol. The molecule has 1 heterocycles. The largest absolute Gasteiger partial charge is 0.397 e. The van der Waals surface area contributed by atoms with Crippen LogP contribution in [0.3, 0.4) is 0 Å². The SMILES string of the molecule is Nc1ccc(Nc2cc(Cl)ccc2F)c2nonc12. The number of rotatable bonds is 2. The standard InChI is InChI=1S/C12H8ClFN4O/c13-6-1-2-7(14)10(5-6)16-9-4-3-8(15)11-12(9)18-19-17-11/h1-5,16H,15H2. The fourth-order valence-corrected chi connectivity index (χ4v) is 1.90. The van der Waals surface area contributed by atoms with Crippen LogP contribution in [-0.4, -0.2) is 10.3 Å². The molecule has 3 rings (SSSR count). The molecule has 0 atom stereocenters. The molecule has 0 saturated carbocycles. The van der Waals surface area contributed by atoms with Crippen LogP contribution in [0.25, 0.3) is 11.0 Å². The van der Waals surface area contributed by atoms with E-state index in [0.29, 0.717) is 27.4 Å². The van der Waals surface area contributed by atoms with Gasteiger partial charge in [0, 0.05) is 5.02 Å². The van der Waals surface area contributed by atoms with Crippen LogP contribution in [0.4, 0.5) is 21.5 Å². The number of aromatic nitrogens is 2. The Morgan fingerprint density at radius 1 is 1.11 bits per heavy atom. The number of anilines is 3. The normalized spacial score (nSPS) is 10.8. The van der Waals surface area contributed by atoms with E-state index in [2.05, 4.69) is 20.3 Å². The van der Waals surface area contributed by atoms with Gasteiger partial charge in [-0.15, -0.1) is 0 Å². The molecule has 19 heavy (non-hydrogen) atoms. The molecule has 0 bridgehead atoms. The number of halogens is 2. The van der Waals surface area contributed by atoms with Crippen LogP contribution in [0.2, 0.25) is 5.02 Å². The van der Waals surface area contributed by atoms with Crippen molar-refractivity contribution in [2.45, 2.75) is 0 Å². The van der Waals surface area contributed by atoms with Gasteiger partial charge in [0.15, 0.2) is 11.0 Å². The molecule has 0 radical (unpaired) electrons. The van der Waals surface area contributed by atoms with Crippen LogP contribution in [0, 0.1) is 5.82 Å². The van der Waals surface area contributed by atoms with E-state index in [1.807, 2.05) is 0 Å². The van der Waals surface area contributed by atoms with E-state index in [0.717, 1.165) is 0 Å². The van der Waals surface area contributed by atoms with E-state index in [9.17, 15) is 4.39 Å². The lowest BCUT2D eigenvalue weighted by molar-refractivity contribution is 0.316. The maximum atomic E-state index is 13.7. The summed E-state index contributed by atoms with van der Waals surface area (Å²) in [5.41, 5.74) is 7.79. The number of nitrogens with one attached hydrogen (secondary N) is 1. The maximum Gasteiger partial charge on any atom is 0.160 e. The van der Waals surface area contributed by atoms with E-state index >= 15 is 0 Å². The summed E-state index contributed by atoms with van der Waals surface area (Å²) in [6.07, 6.45) is 0. The van der Waals surface area contributed by atoms with Crippen LogP contribution < -0.4 is 11.1 Å². The van der Waals surface area contributed by atoms with Gasteiger partial charge in [-0.3, -0.25) is 0 Å². The molecule has 0 amide bonds. The van der Waals surface area contributed by atoms with Crippen molar-refractivity contribution in [2.75, 3.05) is 11.1 Å². The summed E-state index contributed by atoms with van der Waals surface area (Å²) in [6.45, 7) is 0. The van der Waals surface area contributed by atoms with Gasteiger partial charge in [0.25, 0.3) is 0 Å². The van der Waals surface area contributed by atoms with Crippen molar-refractivity contribution >= 4 is 39.7 Å². The van der Waals surface area contributed by atoms with E-state index in [1.54, 1.807) is 12.1 Å². The van der Waals surface area contributed by atoms with Crippen molar-refractivity contribution in [2.24, 2.45) is 0 Å². The Labute approximate surface area is 112 Å². The second-order valence-corrected chi connectivity index (χ2v) is 4.35. The van der Waals surface area contributed by atoms with E-state index < -0.39 is 5.82 Å². The Hall–Kier alpha value is -2.34. The first-order valence-corrected chi connectivity index (χ1v) is 5.76. The third-order valence-corrected chi connectivity index (χ3v) is 2.88. The summed E-state index contributed by atoms with van der Waals surface area (Å²) in [4.78, 5) is 0. The van der Waals surface area contributed by atoms with Gasteiger partial charge in [0.1, 0.15) is 5.82 Å². The van der Waals surface area contributed by atoms with Gasteiger partial charge in [-0.05, 0) is 40.6 Å². The Morgan fingerprint density at radius 2 is 1.89 bits per heavy atom. The van der Waals surface area contributed by atoms with Gasteiger partial charge in [-0.1, -0.05) is 11.6 Å². The first-order chi connectivity index (χ1) is 9.15. The minimum Gasteiger partial charge on any atom is -0.397 e. The lowest BCUT2D eigenvalue weighted by atomic mass is 10.2. The molecule has 7 heteroatoms. The van der Waals surface area contributed by atoms with Gasteiger partial charge in [0.05, 0.1) is 17.1 Å². The Balaban J connectivity index is 2.08. The summed E-state index contributed by atoms with van der Waals surface area (Å²) in [5, 5.41) is 10.8. The van der Waals surface area contributed by atoms with Crippen LogP contribution in [-0.2, 0) is 0 Å². The molecule has 2 aromatic carbocycles. The average molecular weight is 279 g/mol. The minimum atomic E-state index is -0.425.